The Kier molecular flexibility index (Phi) is 9.60. The normalized spacial score (nSPS) is 9.39. The van der Waals surface area contributed by atoms with Gasteiger partial charge in [0, 0.05) is 24.0 Å². The van der Waals surface area contributed by atoms with Gasteiger partial charge < -0.3 is 10.0 Å². The van der Waals surface area contributed by atoms with E-state index in [-0.39, 0.29) is 12.5 Å². The fourth-order valence-electron chi connectivity index (χ4n) is 1.49. The van der Waals surface area contributed by atoms with Gasteiger partial charge in [0.05, 0.1) is 6.61 Å². The number of rotatable bonds is 5. The van der Waals surface area contributed by atoms with Crippen molar-refractivity contribution in [2.75, 3.05) is 13.2 Å². The zero-order chi connectivity index (χ0) is 14.0. The van der Waals surface area contributed by atoms with E-state index in [0.717, 1.165) is 10.0 Å². The molecule has 0 atom stereocenters. The van der Waals surface area contributed by atoms with E-state index in [0.29, 0.717) is 19.5 Å². The van der Waals surface area contributed by atoms with E-state index in [9.17, 15) is 4.79 Å². The van der Waals surface area contributed by atoms with Crippen molar-refractivity contribution in [1.82, 2.24) is 4.90 Å². The third kappa shape index (κ3) is 6.17. The van der Waals surface area contributed by atoms with Crippen molar-refractivity contribution in [1.29, 1.82) is 0 Å². The lowest BCUT2D eigenvalue weighted by atomic mass is 10.2. The van der Waals surface area contributed by atoms with Gasteiger partial charge in [0.25, 0.3) is 0 Å². The minimum atomic E-state index is -0.000255. The van der Waals surface area contributed by atoms with Crippen LogP contribution in [0.5, 0.6) is 0 Å². The molecule has 0 fully saturated rings. The highest BCUT2D eigenvalue weighted by Gasteiger charge is 2.11. The quantitative estimate of drug-likeness (QED) is 0.906. The molecule has 0 unspecified atom stereocenters. The highest BCUT2D eigenvalue weighted by atomic mass is 79.9. The van der Waals surface area contributed by atoms with Crippen molar-refractivity contribution in [2.24, 2.45) is 0 Å². The average molecular weight is 316 g/mol. The molecule has 0 radical (unpaired) electrons. The largest absolute Gasteiger partial charge is 0.395 e. The molecule has 1 aromatic carbocycles. The second-order valence-corrected chi connectivity index (χ2v) is 4.44. The lowest BCUT2D eigenvalue weighted by Gasteiger charge is -2.21. The van der Waals surface area contributed by atoms with Crippen molar-refractivity contribution in [3.05, 3.63) is 34.3 Å². The van der Waals surface area contributed by atoms with Gasteiger partial charge in [0.2, 0.25) is 5.91 Å². The van der Waals surface area contributed by atoms with Gasteiger partial charge in [-0.1, -0.05) is 48.8 Å². The molecule has 1 amide bonds. The number of hydrogen-bond acceptors (Lipinski definition) is 2. The fraction of sp³-hybridized carbons (Fsp3) is 0.500. The van der Waals surface area contributed by atoms with Crippen LogP contribution in [0.25, 0.3) is 0 Å². The van der Waals surface area contributed by atoms with Crippen LogP contribution in [0, 0.1) is 0 Å². The first kappa shape index (κ1) is 17.1. The van der Waals surface area contributed by atoms with Crippen LogP contribution in [0.4, 0.5) is 0 Å². The summed E-state index contributed by atoms with van der Waals surface area (Å²) in [7, 11) is 0. The molecule has 18 heavy (non-hydrogen) atoms. The van der Waals surface area contributed by atoms with Crippen LogP contribution in [-0.2, 0) is 11.3 Å². The van der Waals surface area contributed by atoms with Gasteiger partial charge in [-0.25, -0.2) is 0 Å². The number of halogens is 1. The molecular formula is C14H22BrNO2. The van der Waals surface area contributed by atoms with Crippen LogP contribution < -0.4 is 0 Å². The molecular weight excluding hydrogens is 294 g/mol. The second kappa shape index (κ2) is 10.1. The second-order valence-electron chi connectivity index (χ2n) is 3.52. The SMILES string of the molecule is CC.CCC(=O)N(CCO)Cc1cccc(Br)c1. The first-order valence-corrected chi connectivity index (χ1v) is 7.09. The lowest BCUT2D eigenvalue weighted by molar-refractivity contribution is -0.132. The standard InChI is InChI=1S/C12H16BrNO2.C2H6/c1-2-12(16)14(6-7-15)9-10-4-3-5-11(13)8-10;1-2/h3-5,8,15H,2,6-7,9H2,1H3;1-2H3. The molecule has 0 aromatic heterocycles. The summed E-state index contributed by atoms with van der Waals surface area (Å²) in [6.07, 6.45) is 0.466. The van der Waals surface area contributed by atoms with Crippen LogP contribution in [0.2, 0.25) is 0 Å². The third-order valence-corrected chi connectivity index (χ3v) is 2.78. The van der Waals surface area contributed by atoms with Gasteiger partial charge in [0.15, 0.2) is 0 Å². The van der Waals surface area contributed by atoms with Crippen LogP contribution >= 0.6 is 15.9 Å². The maximum absolute atomic E-state index is 11.6. The summed E-state index contributed by atoms with van der Waals surface area (Å²) in [6.45, 7) is 6.76. The molecule has 1 N–H and O–H groups in total. The Hall–Kier alpha value is -0.870. The van der Waals surface area contributed by atoms with Crippen molar-refractivity contribution >= 4 is 21.8 Å². The summed E-state index contributed by atoms with van der Waals surface area (Å²) < 4.78 is 0.998. The number of nitrogens with zero attached hydrogens (tertiary/aromatic N) is 1. The Bertz CT molecular complexity index is 355. The van der Waals surface area contributed by atoms with Gasteiger partial charge in [-0.2, -0.15) is 0 Å². The number of aliphatic hydroxyl groups is 1. The van der Waals surface area contributed by atoms with E-state index in [2.05, 4.69) is 15.9 Å². The highest BCUT2D eigenvalue weighted by Crippen LogP contribution is 2.13. The number of amides is 1. The molecule has 1 aromatic rings. The molecule has 0 aliphatic heterocycles. The van der Waals surface area contributed by atoms with E-state index in [1.165, 1.54) is 0 Å². The van der Waals surface area contributed by atoms with Crippen LogP contribution in [-0.4, -0.2) is 29.1 Å². The first-order chi connectivity index (χ1) is 8.67. The van der Waals surface area contributed by atoms with Gasteiger partial charge >= 0.3 is 0 Å². The Morgan fingerprint density at radius 2 is 2.06 bits per heavy atom. The number of carbonyl (C=O) groups is 1. The molecule has 0 aliphatic rings. The number of aliphatic hydroxyl groups excluding tert-OH is 1. The summed E-state index contributed by atoms with van der Waals surface area (Å²) in [6, 6.07) is 7.83. The minimum Gasteiger partial charge on any atom is -0.395 e. The number of carbonyl (C=O) groups excluding carboxylic acids is 1. The summed E-state index contributed by atoms with van der Waals surface area (Å²) in [5.74, 6) is 0.0639. The van der Waals surface area contributed by atoms with E-state index >= 15 is 0 Å². The Labute approximate surface area is 118 Å². The van der Waals surface area contributed by atoms with E-state index in [1.807, 2.05) is 45.0 Å². The highest BCUT2D eigenvalue weighted by molar-refractivity contribution is 9.10. The summed E-state index contributed by atoms with van der Waals surface area (Å²) in [5, 5.41) is 8.91. The van der Waals surface area contributed by atoms with Gasteiger partial charge in [-0.3, -0.25) is 4.79 Å². The molecule has 0 saturated carbocycles. The smallest absolute Gasteiger partial charge is 0.222 e. The Morgan fingerprint density at radius 1 is 1.39 bits per heavy atom. The minimum absolute atomic E-state index is 0.000255. The van der Waals surface area contributed by atoms with E-state index in [1.54, 1.807) is 4.90 Å². The summed E-state index contributed by atoms with van der Waals surface area (Å²) >= 11 is 3.39. The molecule has 102 valence electrons. The molecule has 4 heteroatoms. The van der Waals surface area contributed by atoms with Crippen LogP contribution in [0.15, 0.2) is 28.7 Å². The maximum atomic E-state index is 11.6. The van der Waals surface area contributed by atoms with Crippen molar-refractivity contribution in [3.63, 3.8) is 0 Å². The molecule has 0 aliphatic carbocycles. The van der Waals surface area contributed by atoms with Crippen LogP contribution in [0.1, 0.15) is 32.8 Å². The molecule has 0 spiro atoms. The zero-order valence-electron chi connectivity index (χ0n) is 11.3. The topological polar surface area (TPSA) is 40.5 Å². The average Bonchev–Trinajstić information content (AvgIpc) is 2.40. The van der Waals surface area contributed by atoms with Crippen molar-refractivity contribution < 1.29 is 9.90 Å². The van der Waals surface area contributed by atoms with Crippen molar-refractivity contribution in [3.8, 4) is 0 Å². The predicted octanol–water partition coefficient (Wildman–Crippen LogP) is 3.21. The molecule has 0 heterocycles. The zero-order valence-corrected chi connectivity index (χ0v) is 12.9. The lowest BCUT2D eigenvalue weighted by Crippen LogP contribution is -2.32. The van der Waals surface area contributed by atoms with Gasteiger partial charge in [-0.05, 0) is 17.7 Å². The van der Waals surface area contributed by atoms with Gasteiger partial charge in [-0.15, -0.1) is 0 Å². The molecule has 1 rings (SSSR count). The maximum Gasteiger partial charge on any atom is 0.222 e. The summed E-state index contributed by atoms with van der Waals surface area (Å²) in [5.41, 5.74) is 1.06. The van der Waals surface area contributed by atoms with Gasteiger partial charge in [0.1, 0.15) is 0 Å². The van der Waals surface area contributed by atoms with E-state index in [4.69, 9.17) is 5.11 Å². The molecule has 0 saturated heterocycles. The fourth-order valence-corrected chi connectivity index (χ4v) is 1.94. The Balaban J connectivity index is 0.00000137. The first-order valence-electron chi connectivity index (χ1n) is 6.30. The number of hydrogen-bond donors (Lipinski definition) is 1. The third-order valence-electron chi connectivity index (χ3n) is 2.29. The molecule has 0 bridgehead atoms. The summed E-state index contributed by atoms with van der Waals surface area (Å²) in [4.78, 5) is 13.3. The number of benzene rings is 1. The Morgan fingerprint density at radius 3 is 2.56 bits per heavy atom. The molecule has 3 nitrogen and oxygen atoms in total. The van der Waals surface area contributed by atoms with Crippen molar-refractivity contribution in [2.45, 2.75) is 33.7 Å². The van der Waals surface area contributed by atoms with E-state index < -0.39 is 0 Å². The van der Waals surface area contributed by atoms with Crippen LogP contribution in [0.3, 0.4) is 0 Å². The predicted molar refractivity (Wildman–Crippen MR) is 78.3 cm³/mol. The monoisotopic (exact) mass is 315 g/mol.